The number of carbonyl (C=O) groups is 4. The van der Waals surface area contributed by atoms with Crippen molar-refractivity contribution in [1.82, 2.24) is 30.6 Å². The summed E-state index contributed by atoms with van der Waals surface area (Å²) in [5.74, 6) is -1.64. The number of rotatable bonds is 14. The van der Waals surface area contributed by atoms with Gasteiger partial charge in [-0.1, -0.05) is 47.6 Å². The van der Waals surface area contributed by atoms with Gasteiger partial charge >= 0.3 is 6.03 Å². The molecule has 5 amide bonds. The maximum absolute atomic E-state index is 14.7. The van der Waals surface area contributed by atoms with Crippen molar-refractivity contribution in [1.29, 1.82) is 0 Å². The molecule has 5 rings (SSSR count). The number of urea groups is 1. The highest BCUT2D eigenvalue weighted by molar-refractivity contribution is 7.91. The third-order valence-corrected chi connectivity index (χ3v) is 12.2. The standard InChI is InChI=1S/C38H54N6O9S/c1-10-23-19-38(23,34(47)43-54(49,50)26-12-13-26)42-31(45)28-18-25(53-32-27-14-11-24(52-9)17-22(27)15-16-39-32)20-44(28)33(46)30(37(5,6)7)41-35(48)40-29(21-51-8)36(2,3)4/h10-11,14-17,23,25-26,28-30H,1,12-13,18-21H2,2-9H3,(H,42,45)(H,43,47)(H2,40,41,48)/t23-,25-,28+,29-,30-,38-/m1/s1. The molecule has 296 valence electrons. The molecule has 2 aromatic rings. The molecular weight excluding hydrogens is 717 g/mol. The molecule has 0 radical (unpaired) electrons. The van der Waals surface area contributed by atoms with E-state index in [4.69, 9.17) is 14.2 Å². The zero-order valence-corrected chi connectivity index (χ0v) is 33.2. The van der Waals surface area contributed by atoms with Crippen molar-refractivity contribution in [2.45, 2.75) is 102 Å². The second-order valence-electron chi connectivity index (χ2n) is 16.7. The molecule has 3 aliphatic rings. The summed E-state index contributed by atoms with van der Waals surface area (Å²) in [6.07, 6.45) is 3.44. The van der Waals surface area contributed by atoms with Crippen LogP contribution >= 0.6 is 0 Å². The number of benzene rings is 1. The summed E-state index contributed by atoms with van der Waals surface area (Å²) in [5, 5.41) is 9.44. The highest BCUT2D eigenvalue weighted by Crippen LogP contribution is 2.45. The Morgan fingerprint density at radius 2 is 1.76 bits per heavy atom. The molecule has 1 aromatic carbocycles. The highest BCUT2D eigenvalue weighted by Gasteiger charge is 2.62. The molecule has 0 unspecified atom stereocenters. The lowest BCUT2D eigenvalue weighted by Crippen LogP contribution is -2.62. The van der Waals surface area contributed by atoms with E-state index < -0.39 is 74.1 Å². The smallest absolute Gasteiger partial charge is 0.315 e. The average molecular weight is 771 g/mol. The Morgan fingerprint density at radius 1 is 1.06 bits per heavy atom. The summed E-state index contributed by atoms with van der Waals surface area (Å²) in [7, 11) is -0.795. The first kappa shape index (κ1) is 40.7. The average Bonchev–Trinajstić information content (AvgIpc) is 4.02. The van der Waals surface area contributed by atoms with Gasteiger partial charge in [-0.05, 0) is 59.7 Å². The Kier molecular flexibility index (Phi) is 11.6. The molecule has 16 heteroatoms. The Hall–Kier alpha value is -4.44. The number of nitrogens with zero attached hydrogens (tertiary/aromatic N) is 2. The van der Waals surface area contributed by atoms with Crippen molar-refractivity contribution in [3.8, 4) is 11.6 Å². The van der Waals surface area contributed by atoms with Crippen LogP contribution in [0.1, 0.15) is 67.2 Å². The lowest BCUT2D eigenvalue weighted by molar-refractivity contribution is -0.142. The molecule has 54 heavy (non-hydrogen) atoms. The topological polar surface area (TPSA) is 194 Å². The van der Waals surface area contributed by atoms with E-state index in [1.54, 1.807) is 47.3 Å². The SMILES string of the molecule is C=C[C@@H]1C[C@]1(NC(=O)[C@@H]1C[C@@H](Oc2nccc3cc(OC)ccc23)CN1C(=O)[C@@H](NC(=O)N[C@H](COC)C(C)(C)C)C(C)(C)C)C(=O)NS(=O)(=O)C1CC1. The van der Waals surface area contributed by atoms with E-state index in [-0.39, 0.29) is 37.5 Å². The predicted octanol–water partition coefficient (Wildman–Crippen LogP) is 3.04. The summed E-state index contributed by atoms with van der Waals surface area (Å²) in [5.41, 5.74) is -2.73. The van der Waals surface area contributed by atoms with E-state index in [1.165, 1.54) is 11.0 Å². The molecule has 15 nitrogen and oxygen atoms in total. The number of hydrogen-bond donors (Lipinski definition) is 4. The number of hydrogen-bond acceptors (Lipinski definition) is 10. The van der Waals surface area contributed by atoms with E-state index in [1.807, 2.05) is 39.0 Å². The van der Waals surface area contributed by atoms with Crippen LogP contribution < -0.4 is 30.1 Å². The van der Waals surface area contributed by atoms with E-state index >= 15 is 0 Å². The molecule has 6 atom stereocenters. The van der Waals surface area contributed by atoms with Crippen LogP contribution in [0.3, 0.4) is 0 Å². The molecule has 4 N–H and O–H groups in total. The third-order valence-electron chi connectivity index (χ3n) is 10.4. The van der Waals surface area contributed by atoms with E-state index in [0.29, 0.717) is 29.9 Å². The third kappa shape index (κ3) is 8.91. The van der Waals surface area contributed by atoms with Gasteiger partial charge in [-0.25, -0.2) is 18.2 Å². The number of fused-ring (bicyclic) bond motifs is 1. The number of nitrogens with one attached hydrogen (secondary N) is 4. The molecular formula is C38H54N6O9S. The minimum Gasteiger partial charge on any atom is -0.497 e. The lowest BCUT2D eigenvalue weighted by Gasteiger charge is -2.37. The normalized spacial score (nSPS) is 23.9. The van der Waals surface area contributed by atoms with Gasteiger partial charge in [-0.15, -0.1) is 6.58 Å². The molecule has 0 bridgehead atoms. The van der Waals surface area contributed by atoms with E-state index in [0.717, 1.165) is 5.39 Å². The monoisotopic (exact) mass is 770 g/mol. The van der Waals surface area contributed by atoms with Gasteiger partial charge in [0.1, 0.15) is 29.5 Å². The van der Waals surface area contributed by atoms with Crippen LogP contribution in [0.2, 0.25) is 0 Å². The van der Waals surface area contributed by atoms with Gasteiger partial charge in [0.25, 0.3) is 5.91 Å². The number of likely N-dealkylation sites (tertiary alicyclic amines) is 1. The van der Waals surface area contributed by atoms with E-state index in [2.05, 4.69) is 32.2 Å². The molecule has 1 aromatic heterocycles. The fourth-order valence-corrected chi connectivity index (χ4v) is 8.09. The second-order valence-corrected chi connectivity index (χ2v) is 18.6. The molecule has 0 spiro atoms. The maximum atomic E-state index is 14.7. The number of amides is 5. The largest absolute Gasteiger partial charge is 0.497 e. The van der Waals surface area contributed by atoms with Crippen LogP contribution in [0, 0.1) is 16.7 Å². The number of aromatic nitrogens is 1. The van der Waals surface area contributed by atoms with Crippen molar-refractivity contribution >= 4 is 44.5 Å². The number of sulfonamides is 1. The summed E-state index contributed by atoms with van der Waals surface area (Å²) in [6, 6.07) is 4.03. The van der Waals surface area contributed by atoms with Crippen molar-refractivity contribution < 1.29 is 41.8 Å². The summed E-state index contributed by atoms with van der Waals surface area (Å²) >= 11 is 0. The maximum Gasteiger partial charge on any atom is 0.315 e. The Labute approximate surface area is 317 Å². The molecule has 2 heterocycles. The number of methoxy groups -OCH3 is 2. The summed E-state index contributed by atoms with van der Waals surface area (Å²) in [4.78, 5) is 61.8. The molecule has 2 aliphatic carbocycles. The minimum absolute atomic E-state index is 0.0195. The quantitative estimate of drug-likeness (QED) is 0.208. The van der Waals surface area contributed by atoms with Crippen LogP contribution in [0.5, 0.6) is 11.6 Å². The van der Waals surface area contributed by atoms with Crippen LogP contribution in [0.25, 0.3) is 10.8 Å². The lowest BCUT2D eigenvalue weighted by atomic mass is 9.85. The Morgan fingerprint density at radius 3 is 2.33 bits per heavy atom. The molecule has 1 aliphatic heterocycles. The van der Waals surface area contributed by atoms with Crippen molar-refractivity contribution in [3.05, 3.63) is 43.1 Å². The molecule has 3 fully saturated rings. The highest BCUT2D eigenvalue weighted by atomic mass is 32.2. The fourth-order valence-electron chi connectivity index (χ4n) is 6.72. The Balaban J connectivity index is 1.44. The van der Waals surface area contributed by atoms with Crippen molar-refractivity contribution in [2.75, 3.05) is 27.4 Å². The van der Waals surface area contributed by atoms with Crippen LogP contribution in [-0.4, -0.2) is 104 Å². The summed E-state index contributed by atoms with van der Waals surface area (Å²) < 4.78 is 44.7. The van der Waals surface area contributed by atoms with Gasteiger partial charge in [0.15, 0.2) is 0 Å². The van der Waals surface area contributed by atoms with Gasteiger partial charge in [-0.3, -0.25) is 19.1 Å². The summed E-state index contributed by atoms with van der Waals surface area (Å²) in [6.45, 7) is 15.3. The first-order chi connectivity index (χ1) is 25.2. The minimum atomic E-state index is -3.91. The zero-order chi connectivity index (χ0) is 39.8. The van der Waals surface area contributed by atoms with Gasteiger partial charge in [0.05, 0.1) is 31.6 Å². The van der Waals surface area contributed by atoms with Crippen molar-refractivity contribution in [2.24, 2.45) is 16.7 Å². The van der Waals surface area contributed by atoms with Gasteiger partial charge < -0.3 is 35.1 Å². The second kappa shape index (κ2) is 15.4. The number of pyridine rings is 1. The fraction of sp³-hybridized carbons (Fsp3) is 0.605. The van der Waals surface area contributed by atoms with E-state index in [9.17, 15) is 27.6 Å². The van der Waals surface area contributed by atoms with Crippen LogP contribution in [-0.2, 0) is 29.1 Å². The Bertz CT molecular complexity index is 1890. The van der Waals surface area contributed by atoms with Crippen molar-refractivity contribution in [3.63, 3.8) is 0 Å². The van der Waals surface area contributed by atoms with Gasteiger partial charge in [0.2, 0.25) is 27.7 Å². The first-order valence-corrected chi connectivity index (χ1v) is 19.7. The zero-order valence-electron chi connectivity index (χ0n) is 32.4. The number of ether oxygens (including phenoxy) is 3. The molecule has 1 saturated heterocycles. The van der Waals surface area contributed by atoms with Crippen LogP contribution in [0.4, 0.5) is 4.79 Å². The first-order valence-electron chi connectivity index (χ1n) is 18.2. The van der Waals surface area contributed by atoms with Gasteiger partial charge in [0, 0.05) is 31.0 Å². The predicted molar refractivity (Wildman–Crippen MR) is 202 cm³/mol. The number of carbonyl (C=O) groups excluding carboxylic acids is 4. The molecule has 2 saturated carbocycles. The van der Waals surface area contributed by atoms with Crippen LogP contribution in [0.15, 0.2) is 43.1 Å². The van der Waals surface area contributed by atoms with Gasteiger partial charge in [-0.2, -0.15) is 0 Å².